The standard InChI is InChI=1S/C13H13NO3/c1-9-7-8-12(17-9)13(15)14-10-5-3-4-6-11(10)16-2/h3-8H,1-2H3,(H,14,15). The van der Waals surface area contributed by atoms with Crippen molar-refractivity contribution < 1.29 is 13.9 Å². The Morgan fingerprint density at radius 2 is 2.00 bits per heavy atom. The van der Waals surface area contributed by atoms with Gasteiger partial charge in [0.05, 0.1) is 12.8 Å². The molecular formula is C13H13NO3. The van der Waals surface area contributed by atoms with E-state index in [2.05, 4.69) is 5.32 Å². The molecule has 1 amide bonds. The maximum Gasteiger partial charge on any atom is 0.291 e. The fourth-order valence-electron chi connectivity index (χ4n) is 1.49. The number of carbonyl (C=O) groups excluding carboxylic acids is 1. The molecule has 0 saturated carbocycles. The Morgan fingerprint density at radius 1 is 1.24 bits per heavy atom. The summed E-state index contributed by atoms with van der Waals surface area (Å²) < 4.78 is 10.4. The number of hydrogen-bond donors (Lipinski definition) is 1. The van der Waals surface area contributed by atoms with Crippen LogP contribution in [0.5, 0.6) is 5.75 Å². The molecule has 0 spiro atoms. The van der Waals surface area contributed by atoms with Crippen molar-refractivity contribution >= 4 is 11.6 Å². The van der Waals surface area contributed by atoms with E-state index in [9.17, 15) is 4.79 Å². The first-order valence-electron chi connectivity index (χ1n) is 5.21. The Balaban J connectivity index is 2.18. The number of nitrogens with one attached hydrogen (secondary N) is 1. The van der Waals surface area contributed by atoms with Gasteiger partial charge in [-0.05, 0) is 31.2 Å². The maximum atomic E-state index is 11.8. The van der Waals surface area contributed by atoms with E-state index in [1.54, 1.807) is 38.3 Å². The van der Waals surface area contributed by atoms with Crippen LogP contribution < -0.4 is 10.1 Å². The predicted molar refractivity (Wildman–Crippen MR) is 64.4 cm³/mol. The van der Waals surface area contributed by atoms with Gasteiger partial charge in [0.2, 0.25) is 0 Å². The summed E-state index contributed by atoms with van der Waals surface area (Å²) in [7, 11) is 1.56. The predicted octanol–water partition coefficient (Wildman–Crippen LogP) is 2.85. The van der Waals surface area contributed by atoms with Crippen LogP contribution in [0.3, 0.4) is 0 Å². The number of hydrogen-bond acceptors (Lipinski definition) is 3. The minimum absolute atomic E-state index is 0.286. The molecule has 4 nitrogen and oxygen atoms in total. The van der Waals surface area contributed by atoms with Gasteiger partial charge >= 0.3 is 0 Å². The van der Waals surface area contributed by atoms with E-state index in [-0.39, 0.29) is 11.7 Å². The van der Waals surface area contributed by atoms with E-state index >= 15 is 0 Å². The largest absolute Gasteiger partial charge is 0.495 e. The number of amides is 1. The van der Waals surface area contributed by atoms with E-state index in [0.29, 0.717) is 17.2 Å². The summed E-state index contributed by atoms with van der Waals surface area (Å²) in [4.78, 5) is 11.8. The van der Waals surface area contributed by atoms with Gasteiger partial charge in [0, 0.05) is 0 Å². The molecule has 17 heavy (non-hydrogen) atoms. The van der Waals surface area contributed by atoms with Crippen LogP contribution >= 0.6 is 0 Å². The minimum atomic E-state index is -0.289. The molecule has 1 N–H and O–H groups in total. The molecule has 88 valence electrons. The lowest BCUT2D eigenvalue weighted by atomic mass is 10.3. The summed E-state index contributed by atoms with van der Waals surface area (Å²) in [6, 6.07) is 10.6. The lowest BCUT2D eigenvalue weighted by molar-refractivity contribution is 0.0995. The quantitative estimate of drug-likeness (QED) is 0.883. The van der Waals surface area contributed by atoms with Crippen LogP contribution in [0.15, 0.2) is 40.8 Å². The van der Waals surface area contributed by atoms with Gasteiger partial charge in [-0.1, -0.05) is 12.1 Å². The number of benzene rings is 1. The Hall–Kier alpha value is -2.23. The molecule has 0 unspecified atom stereocenters. The average molecular weight is 231 g/mol. The van der Waals surface area contributed by atoms with Gasteiger partial charge < -0.3 is 14.5 Å². The molecule has 0 aliphatic rings. The van der Waals surface area contributed by atoms with Crippen LogP contribution in [0, 0.1) is 6.92 Å². The summed E-state index contributed by atoms with van der Waals surface area (Å²) in [5.74, 6) is 1.32. The SMILES string of the molecule is COc1ccccc1NC(=O)c1ccc(C)o1. The highest BCUT2D eigenvalue weighted by molar-refractivity contribution is 6.03. The molecule has 4 heteroatoms. The molecule has 0 saturated heterocycles. The van der Waals surface area contributed by atoms with E-state index in [1.807, 2.05) is 12.1 Å². The van der Waals surface area contributed by atoms with Crippen molar-refractivity contribution in [3.8, 4) is 5.75 Å². The fourth-order valence-corrected chi connectivity index (χ4v) is 1.49. The van der Waals surface area contributed by atoms with Crippen molar-refractivity contribution in [3.05, 3.63) is 47.9 Å². The highest BCUT2D eigenvalue weighted by atomic mass is 16.5. The lowest BCUT2D eigenvalue weighted by Gasteiger charge is -2.08. The van der Waals surface area contributed by atoms with Crippen LogP contribution in [0.25, 0.3) is 0 Å². The van der Waals surface area contributed by atoms with E-state index < -0.39 is 0 Å². The maximum absolute atomic E-state index is 11.8. The van der Waals surface area contributed by atoms with Crippen LogP contribution in [-0.4, -0.2) is 13.0 Å². The molecule has 0 radical (unpaired) electrons. The van der Waals surface area contributed by atoms with E-state index in [4.69, 9.17) is 9.15 Å². The van der Waals surface area contributed by atoms with Gasteiger partial charge in [-0.25, -0.2) is 0 Å². The topological polar surface area (TPSA) is 51.5 Å². The van der Waals surface area contributed by atoms with Crippen LogP contribution in [0.2, 0.25) is 0 Å². The molecule has 0 bridgehead atoms. The first-order valence-corrected chi connectivity index (χ1v) is 5.21. The lowest BCUT2D eigenvalue weighted by Crippen LogP contribution is -2.11. The number of rotatable bonds is 3. The monoisotopic (exact) mass is 231 g/mol. The molecule has 2 rings (SSSR count). The van der Waals surface area contributed by atoms with Crippen molar-refractivity contribution in [2.45, 2.75) is 6.92 Å². The van der Waals surface area contributed by atoms with Gasteiger partial charge in [-0.2, -0.15) is 0 Å². The zero-order chi connectivity index (χ0) is 12.3. The second-order valence-electron chi connectivity index (χ2n) is 3.56. The number of methoxy groups -OCH3 is 1. The third-order valence-corrected chi connectivity index (χ3v) is 2.32. The minimum Gasteiger partial charge on any atom is -0.495 e. The van der Waals surface area contributed by atoms with Crippen molar-refractivity contribution in [2.75, 3.05) is 12.4 Å². The number of carbonyl (C=O) groups is 1. The van der Waals surface area contributed by atoms with Crippen molar-refractivity contribution in [2.24, 2.45) is 0 Å². The molecule has 1 aromatic heterocycles. The van der Waals surface area contributed by atoms with E-state index in [1.165, 1.54) is 0 Å². The van der Waals surface area contributed by atoms with Crippen LogP contribution in [0.4, 0.5) is 5.69 Å². The Morgan fingerprint density at radius 3 is 2.65 bits per heavy atom. The zero-order valence-corrected chi connectivity index (χ0v) is 9.69. The van der Waals surface area contributed by atoms with Crippen molar-refractivity contribution in [1.82, 2.24) is 0 Å². The summed E-state index contributed by atoms with van der Waals surface area (Å²) in [6.45, 7) is 1.79. The van der Waals surface area contributed by atoms with Gasteiger partial charge in [0.1, 0.15) is 11.5 Å². The second kappa shape index (κ2) is 4.74. The zero-order valence-electron chi connectivity index (χ0n) is 9.69. The highest BCUT2D eigenvalue weighted by Crippen LogP contribution is 2.23. The number of furan rings is 1. The summed E-state index contributed by atoms with van der Waals surface area (Å²) in [6.07, 6.45) is 0. The van der Waals surface area contributed by atoms with Gasteiger partial charge in [0.25, 0.3) is 5.91 Å². The molecule has 0 atom stereocenters. The molecule has 1 aromatic carbocycles. The summed E-state index contributed by atoms with van der Waals surface area (Å²) in [5, 5.41) is 2.73. The second-order valence-corrected chi connectivity index (χ2v) is 3.56. The number of aryl methyl sites for hydroxylation is 1. The van der Waals surface area contributed by atoms with Crippen molar-refractivity contribution in [3.63, 3.8) is 0 Å². The number of ether oxygens (including phenoxy) is 1. The molecule has 2 aromatic rings. The van der Waals surface area contributed by atoms with Crippen molar-refractivity contribution in [1.29, 1.82) is 0 Å². The third kappa shape index (κ3) is 2.47. The Bertz CT molecular complexity index is 531. The van der Waals surface area contributed by atoms with E-state index in [0.717, 1.165) is 0 Å². The van der Waals surface area contributed by atoms with Gasteiger partial charge in [-0.15, -0.1) is 0 Å². The van der Waals surface area contributed by atoms with Gasteiger partial charge in [0.15, 0.2) is 5.76 Å². The summed E-state index contributed by atoms with van der Waals surface area (Å²) in [5.41, 5.74) is 0.619. The fraction of sp³-hybridized carbons (Fsp3) is 0.154. The molecule has 0 fully saturated rings. The normalized spacial score (nSPS) is 10.0. The average Bonchev–Trinajstić information content (AvgIpc) is 2.77. The summed E-state index contributed by atoms with van der Waals surface area (Å²) >= 11 is 0. The van der Waals surface area contributed by atoms with Crippen LogP contribution in [0.1, 0.15) is 16.3 Å². The first-order chi connectivity index (χ1) is 8.20. The third-order valence-electron chi connectivity index (χ3n) is 2.32. The Labute approximate surface area is 99.2 Å². The molecule has 1 heterocycles. The Kier molecular flexibility index (Phi) is 3.14. The van der Waals surface area contributed by atoms with Crippen LogP contribution in [-0.2, 0) is 0 Å². The number of para-hydroxylation sites is 2. The smallest absolute Gasteiger partial charge is 0.291 e. The molecule has 0 aliphatic heterocycles. The number of anilines is 1. The highest BCUT2D eigenvalue weighted by Gasteiger charge is 2.12. The first kappa shape index (κ1) is 11.3. The molecule has 0 aliphatic carbocycles. The van der Waals surface area contributed by atoms with Gasteiger partial charge in [-0.3, -0.25) is 4.79 Å². The molecular weight excluding hydrogens is 218 g/mol.